The summed E-state index contributed by atoms with van der Waals surface area (Å²) in [6.07, 6.45) is 4.66. The Balaban J connectivity index is 0.00000123. The predicted octanol–water partition coefficient (Wildman–Crippen LogP) is 3.31. The number of hydrogen-bond donors (Lipinski definition) is 1. The van der Waals surface area contributed by atoms with Gasteiger partial charge in [-0.25, -0.2) is 4.68 Å². The standard InChI is InChI=1S/C26H31N5O4.C2H6/c1-16-22-11-33-6-5-20(22)21-7-18(3-4-23(21)27-16)35-17(2)24-9-31(29-28-24)25-12-26(13-25)15-34-19(10-32)8-30(26)14-25;1-2/h3-4,7,9,17,19,32H,5-6,8,10-15H2,1-2H3;1-2H3/t17-,19?,25?,26?;/m1./s1. The van der Waals surface area contributed by atoms with E-state index in [2.05, 4.69) is 28.2 Å². The number of nitrogens with zero attached hydrogens (tertiary/aromatic N) is 5. The van der Waals surface area contributed by atoms with E-state index in [1.807, 2.05) is 43.8 Å². The predicted molar refractivity (Wildman–Crippen MR) is 139 cm³/mol. The summed E-state index contributed by atoms with van der Waals surface area (Å²) in [5.74, 6) is 0.810. The first-order chi connectivity index (χ1) is 18.0. The molecular weight excluding hydrogens is 470 g/mol. The number of pyridine rings is 1. The molecule has 4 fully saturated rings. The van der Waals surface area contributed by atoms with Crippen molar-refractivity contribution < 1.29 is 19.3 Å². The molecule has 1 unspecified atom stereocenters. The van der Waals surface area contributed by atoms with Gasteiger partial charge in [-0.2, -0.15) is 0 Å². The topological polar surface area (TPSA) is 94.8 Å². The maximum absolute atomic E-state index is 9.50. The van der Waals surface area contributed by atoms with Gasteiger partial charge in [-0.05, 0) is 56.9 Å². The second-order valence-corrected chi connectivity index (χ2v) is 10.8. The van der Waals surface area contributed by atoms with Gasteiger partial charge in [-0.1, -0.05) is 19.1 Å². The summed E-state index contributed by atoms with van der Waals surface area (Å²) in [4.78, 5) is 7.26. The fourth-order valence-corrected chi connectivity index (χ4v) is 6.74. The molecule has 198 valence electrons. The number of rotatable bonds is 5. The van der Waals surface area contributed by atoms with Gasteiger partial charge < -0.3 is 19.3 Å². The molecule has 37 heavy (non-hydrogen) atoms. The average molecular weight is 508 g/mol. The minimum atomic E-state index is -0.227. The summed E-state index contributed by atoms with van der Waals surface area (Å²) in [7, 11) is 0. The molecule has 9 heteroatoms. The molecular formula is C28H37N5O4. The fourth-order valence-electron chi connectivity index (χ4n) is 6.74. The molecule has 1 saturated carbocycles. The first-order valence-electron chi connectivity index (χ1n) is 13.6. The molecule has 3 aromatic rings. The molecule has 5 aliphatic rings. The van der Waals surface area contributed by atoms with E-state index in [0.717, 1.165) is 67.0 Å². The number of aromatic nitrogens is 4. The maximum atomic E-state index is 9.50. The van der Waals surface area contributed by atoms with Gasteiger partial charge in [0, 0.05) is 35.3 Å². The zero-order chi connectivity index (χ0) is 25.8. The number of ether oxygens (including phenoxy) is 3. The lowest BCUT2D eigenvalue weighted by molar-refractivity contribution is -0.123. The Bertz CT molecular complexity index is 1300. The quantitative estimate of drug-likeness (QED) is 0.562. The highest BCUT2D eigenvalue weighted by molar-refractivity contribution is 5.85. The van der Waals surface area contributed by atoms with Gasteiger partial charge in [0.1, 0.15) is 17.5 Å². The van der Waals surface area contributed by atoms with Crippen LogP contribution in [0.3, 0.4) is 0 Å². The second kappa shape index (κ2) is 9.31. The average Bonchev–Trinajstić information content (AvgIpc) is 3.61. The van der Waals surface area contributed by atoms with Gasteiger partial charge in [-0.3, -0.25) is 9.88 Å². The van der Waals surface area contributed by atoms with E-state index >= 15 is 0 Å². The summed E-state index contributed by atoms with van der Waals surface area (Å²) in [5.41, 5.74) is 5.46. The summed E-state index contributed by atoms with van der Waals surface area (Å²) in [5, 5.41) is 19.7. The summed E-state index contributed by atoms with van der Waals surface area (Å²) in [6, 6.07) is 6.14. The van der Waals surface area contributed by atoms with Crippen LogP contribution < -0.4 is 4.74 Å². The number of hydrogen-bond acceptors (Lipinski definition) is 8. The lowest BCUT2D eigenvalue weighted by Crippen LogP contribution is -2.60. The maximum Gasteiger partial charge on any atom is 0.141 e. The number of morpholine rings is 1. The van der Waals surface area contributed by atoms with Crippen molar-refractivity contribution in [3.8, 4) is 5.75 Å². The highest BCUT2D eigenvalue weighted by Gasteiger charge is 2.68. The number of aryl methyl sites for hydroxylation is 1. The van der Waals surface area contributed by atoms with Crippen LogP contribution in [0.15, 0.2) is 24.4 Å². The second-order valence-electron chi connectivity index (χ2n) is 10.8. The first kappa shape index (κ1) is 24.7. The van der Waals surface area contributed by atoms with E-state index in [1.165, 1.54) is 11.1 Å². The third-order valence-electron chi connectivity index (χ3n) is 8.54. The fraction of sp³-hybridized carbons (Fsp3) is 0.607. The Morgan fingerprint density at radius 2 is 2.05 bits per heavy atom. The molecule has 1 N–H and O–H groups in total. The Morgan fingerprint density at radius 3 is 2.86 bits per heavy atom. The van der Waals surface area contributed by atoms with Crippen molar-refractivity contribution >= 4 is 10.9 Å². The van der Waals surface area contributed by atoms with E-state index in [4.69, 9.17) is 19.2 Å². The highest BCUT2D eigenvalue weighted by atomic mass is 16.5. The highest BCUT2D eigenvalue weighted by Crippen LogP contribution is 2.58. The van der Waals surface area contributed by atoms with E-state index in [1.54, 1.807) is 0 Å². The molecule has 8 rings (SSSR count). The van der Waals surface area contributed by atoms with Crippen LogP contribution in [-0.2, 0) is 28.0 Å². The minimum Gasteiger partial charge on any atom is -0.484 e. The van der Waals surface area contributed by atoms with Crippen LogP contribution in [0, 0.1) is 6.92 Å². The van der Waals surface area contributed by atoms with E-state index in [-0.39, 0.29) is 29.9 Å². The molecule has 9 nitrogen and oxygen atoms in total. The van der Waals surface area contributed by atoms with Crippen molar-refractivity contribution in [2.24, 2.45) is 0 Å². The van der Waals surface area contributed by atoms with Crippen LogP contribution in [0.1, 0.15) is 62.2 Å². The third-order valence-corrected chi connectivity index (χ3v) is 8.54. The van der Waals surface area contributed by atoms with Crippen LogP contribution in [0.5, 0.6) is 5.75 Å². The largest absolute Gasteiger partial charge is 0.484 e. The van der Waals surface area contributed by atoms with Crippen LogP contribution in [0.4, 0.5) is 0 Å². The molecule has 2 bridgehead atoms. The Morgan fingerprint density at radius 1 is 1.22 bits per heavy atom. The first-order valence-corrected chi connectivity index (χ1v) is 13.6. The van der Waals surface area contributed by atoms with Gasteiger partial charge in [0.15, 0.2) is 0 Å². The number of fused-ring (bicyclic) bond motifs is 3. The van der Waals surface area contributed by atoms with Crippen molar-refractivity contribution in [1.29, 1.82) is 0 Å². The smallest absolute Gasteiger partial charge is 0.141 e. The molecule has 1 aromatic carbocycles. The van der Waals surface area contributed by atoms with Crippen LogP contribution in [0.2, 0.25) is 0 Å². The van der Waals surface area contributed by atoms with Crippen LogP contribution in [-0.4, -0.2) is 74.5 Å². The van der Waals surface area contributed by atoms with Crippen molar-refractivity contribution in [2.45, 2.75) is 76.9 Å². The van der Waals surface area contributed by atoms with Gasteiger partial charge in [0.2, 0.25) is 0 Å². The molecule has 3 saturated heterocycles. The third kappa shape index (κ3) is 3.94. The van der Waals surface area contributed by atoms with E-state index < -0.39 is 0 Å². The molecule has 1 aliphatic carbocycles. The number of aliphatic hydroxyl groups excluding tert-OH is 1. The Hall–Kier alpha value is -2.59. The number of aliphatic hydroxyl groups is 1. The normalized spacial score (nSPS) is 29.1. The minimum absolute atomic E-state index is 0.0354. The zero-order valence-electron chi connectivity index (χ0n) is 22.2. The van der Waals surface area contributed by atoms with Crippen LogP contribution >= 0.6 is 0 Å². The zero-order valence-corrected chi connectivity index (χ0v) is 22.2. The van der Waals surface area contributed by atoms with Crippen molar-refractivity contribution in [1.82, 2.24) is 24.9 Å². The monoisotopic (exact) mass is 507 g/mol. The summed E-state index contributed by atoms with van der Waals surface area (Å²) in [6.45, 7) is 11.9. The van der Waals surface area contributed by atoms with Crippen LogP contribution in [0.25, 0.3) is 10.9 Å². The molecule has 2 aromatic heterocycles. The molecule has 6 heterocycles. The van der Waals surface area contributed by atoms with E-state index in [0.29, 0.717) is 13.2 Å². The molecule has 1 spiro atoms. The molecule has 0 amide bonds. The number of benzene rings is 1. The summed E-state index contributed by atoms with van der Waals surface area (Å²) >= 11 is 0. The molecule has 2 atom stereocenters. The van der Waals surface area contributed by atoms with Crippen molar-refractivity contribution in [3.63, 3.8) is 0 Å². The Kier molecular flexibility index (Phi) is 6.22. The van der Waals surface area contributed by atoms with Gasteiger partial charge in [0.25, 0.3) is 0 Å². The lowest BCUT2D eigenvalue weighted by atomic mass is 9.67. The molecule has 4 aliphatic heterocycles. The van der Waals surface area contributed by atoms with Gasteiger partial charge >= 0.3 is 0 Å². The lowest BCUT2D eigenvalue weighted by Gasteiger charge is -2.50. The molecule has 0 radical (unpaired) electrons. The van der Waals surface area contributed by atoms with Crippen molar-refractivity contribution in [2.75, 3.05) is 32.9 Å². The van der Waals surface area contributed by atoms with Gasteiger partial charge in [-0.15, -0.1) is 5.10 Å². The Labute approximate surface area is 217 Å². The van der Waals surface area contributed by atoms with E-state index in [9.17, 15) is 5.11 Å². The SMILES string of the molecule is CC.Cc1nc2ccc(O[C@H](C)c3cn(C45CN6CC(CO)OCC6(C4)C5)nn3)cc2c2c1COCC2. The van der Waals surface area contributed by atoms with Gasteiger partial charge in [0.05, 0.1) is 49.8 Å². The van der Waals surface area contributed by atoms with Crippen molar-refractivity contribution in [3.05, 3.63) is 46.9 Å². The summed E-state index contributed by atoms with van der Waals surface area (Å²) < 4.78 is 19.9.